The first-order valence-electron chi connectivity index (χ1n) is 6.16. The molecule has 88 valence electrons. The first kappa shape index (κ1) is 11.2. The van der Waals surface area contributed by atoms with Crippen LogP contribution in [0.5, 0.6) is 0 Å². The molecule has 1 fully saturated rings. The van der Waals surface area contributed by atoms with Gasteiger partial charge in [-0.1, -0.05) is 25.7 Å². The maximum absolute atomic E-state index is 10.9. The molecule has 0 aliphatic heterocycles. The van der Waals surface area contributed by atoms with Gasteiger partial charge in [-0.05, 0) is 30.9 Å². The van der Waals surface area contributed by atoms with Crippen molar-refractivity contribution in [2.45, 2.75) is 45.1 Å². The van der Waals surface area contributed by atoms with Gasteiger partial charge >= 0.3 is 5.97 Å². The molecule has 0 amide bonds. The summed E-state index contributed by atoms with van der Waals surface area (Å²) in [5, 5.41) is 8.94. The normalized spacial score (nSPS) is 16.8. The molecular formula is C13H19NO2. The van der Waals surface area contributed by atoms with Crippen molar-refractivity contribution in [2.75, 3.05) is 0 Å². The van der Waals surface area contributed by atoms with Gasteiger partial charge in [0.1, 0.15) is 5.69 Å². The summed E-state index contributed by atoms with van der Waals surface area (Å²) in [7, 11) is 0. The van der Waals surface area contributed by atoms with Crippen molar-refractivity contribution in [3.63, 3.8) is 0 Å². The van der Waals surface area contributed by atoms with Gasteiger partial charge in [0.2, 0.25) is 0 Å². The third-order valence-electron chi connectivity index (χ3n) is 3.53. The van der Waals surface area contributed by atoms with Crippen LogP contribution in [0.3, 0.4) is 0 Å². The zero-order chi connectivity index (χ0) is 11.4. The van der Waals surface area contributed by atoms with Crippen LogP contribution in [0.15, 0.2) is 18.3 Å². The molecule has 1 heterocycles. The molecule has 0 unspecified atom stereocenters. The van der Waals surface area contributed by atoms with E-state index in [1.807, 2.05) is 10.8 Å². The third-order valence-corrected chi connectivity index (χ3v) is 3.53. The lowest BCUT2D eigenvalue weighted by molar-refractivity contribution is 0.0685. The van der Waals surface area contributed by atoms with Crippen LogP contribution in [0, 0.1) is 5.92 Å². The second kappa shape index (κ2) is 5.19. The van der Waals surface area contributed by atoms with Crippen LogP contribution in [0.4, 0.5) is 0 Å². The fourth-order valence-corrected chi connectivity index (χ4v) is 2.65. The molecule has 3 nitrogen and oxygen atoms in total. The number of aromatic nitrogens is 1. The van der Waals surface area contributed by atoms with E-state index in [0.717, 1.165) is 18.9 Å². The number of aromatic carboxylic acids is 1. The van der Waals surface area contributed by atoms with Gasteiger partial charge in [-0.15, -0.1) is 0 Å². The highest BCUT2D eigenvalue weighted by Gasteiger charge is 2.14. The Hall–Kier alpha value is -1.25. The second-order valence-corrected chi connectivity index (χ2v) is 4.68. The number of carbonyl (C=O) groups is 1. The number of carboxylic acid groups (broad SMARTS) is 1. The fourth-order valence-electron chi connectivity index (χ4n) is 2.65. The molecule has 1 aromatic rings. The smallest absolute Gasteiger partial charge is 0.352 e. The summed E-state index contributed by atoms with van der Waals surface area (Å²) in [6.45, 7) is 0.838. The molecule has 16 heavy (non-hydrogen) atoms. The van der Waals surface area contributed by atoms with Gasteiger partial charge in [-0.2, -0.15) is 0 Å². The first-order chi connectivity index (χ1) is 7.77. The van der Waals surface area contributed by atoms with Crippen molar-refractivity contribution in [1.29, 1.82) is 0 Å². The molecule has 2 rings (SSSR count). The monoisotopic (exact) mass is 221 g/mol. The Balaban J connectivity index is 1.80. The fraction of sp³-hybridized carbons (Fsp3) is 0.615. The first-order valence-corrected chi connectivity index (χ1v) is 6.16. The Morgan fingerprint density at radius 2 is 2.19 bits per heavy atom. The number of hydrogen-bond acceptors (Lipinski definition) is 1. The van der Waals surface area contributed by atoms with Crippen molar-refractivity contribution < 1.29 is 9.90 Å². The number of hydrogen-bond donors (Lipinski definition) is 1. The van der Waals surface area contributed by atoms with Gasteiger partial charge in [-0.25, -0.2) is 4.79 Å². The Labute approximate surface area is 96.1 Å². The molecule has 0 radical (unpaired) electrons. The number of aryl methyl sites for hydroxylation is 1. The minimum Gasteiger partial charge on any atom is -0.477 e. The average Bonchev–Trinajstić information content (AvgIpc) is 2.87. The van der Waals surface area contributed by atoms with Crippen LogP contribution >= 0.6 is 0 Å². The van der Waals surface area contributed by atoms with Crippen LogP contribution in [-0.4, -0.2) is 15.6 Å². The number of carboxylic acids is 1. The molecule has 0 bridgehead atoms. The molecule has 1 N–H and O–H groups in total. The lowest BCUT2D eigenvalue weighted by atomic mass is 10.0. The average molecular weight is 221 g/mol. The van der Waals surface area contributed by atoms with E-state index >= 15 is 0 Å². The van der Waals surface area contributed by atoms with E-state index in [0.29, 0.717) is 5.69 Å². The van der Waals surface area contributed by atoms with E-state index in [9.17, 15) is 4.79 Å². The highest BCUT2D eigenvalue weighted by atomic mass is 16.4. The minimum absolute atomic E-state index is 0.409. The Morgan fingerprint density at radius 1 is 1.44 bits per heavy atom. The second-order valence-electron chi connectivity index (χ2n) is 4.68. The van der Waals surface area contributed by atoms with E-state index < -0.39 is 5.97 Å². The van der Waals surface area contributed by atoms with Crippen molar-refractivity contribution in [3.05, 3.63) is 24.0 Å². The SMILES string of the molecule is O=C(O)c1cccn1CCCC1CCCC1. The molecule has 0 saturated heterocycles. The maximum Gasteiger partial charge on any atom is 0.352 e. The van der Waals surface area contributed by atoms with Gasteiger partial charge < -0.3 is 9.67 Å². The van der Waals surface area contributed by atoms with Crippen molar-refractivity contribution in [3.8, 4) is 0 Å². The van der Waals surface area contributed by atoms with Crippen LogP contribution in [0.2, 0.25) is 0 Å². The largest absolute Gasteiger partial charge is 0.477 e. The summed E-state index contributed by atoms with van der Waals surface area (Å²) in [5.41, 5.74) is 0.409. The molecule has 1 aromatic heterocycles. The van der Waals surface area contributed by atoms with Gasteiger partial charge in [-0.3, -0.25) is 0 Å². The zero-order valence-corrected chi connectivity index (χ0v) is 9.56. The van der Waals surface area contributed by atoms with Crippen LogP contribution in [0.25, 0.3) is 0 Å². The highest BCUT2D eigenvalue weighted by Crippen LogP contribution is 2.28. The zero-order valence-electron chi connectivity index (χ0n) is 9.56. The molecule has 0 aromatic carbocycles. The van der Waals surface area contributed by atoms with E-state index in [1.54, 1.807) is 12.1 Å². The van der Waals surface area contributed by atoms with Crippen LogP contribution in [-0.2, 0) is 6.54 Å². The third kappa shape index (κ3) is 2.65. The summed E-state index contributed by atoms with van der Waals surface area (Å²) in [6.07, 6.45) is 9.72. The molecule has 1 saturated carbocycles. The van der Waals surface area contributed by atoms with Gasteiger partial charge in [0.25, 0.3) is 0 Å². The molecule has 0 spiro atoms. The maximum atomic E-state index is 10.9. The quantitative estimate of drug-likeness (QED) is 0.829. The van der Waals surface area contributed by atoms with E-state index in [4.69, 9.17) is 5.11 Å². The Bertz CT molecular complexity index is 351. The van der Waals surface area contributed by atoms with E-state index in [-0.39, 0.29) is 0 Å². The van der Waals surface area contributed by atoms with Crippen LogP contribution in [0.1, 0.15) is 49.0 Å². The number of rotatable bonds is 5. The predicted molar refractivity (Wildman–Crippen MR) is 62.6 cm³/mol. The lowest BCUT2D eigenvalue weighted by Gasteiger charge is -2.10. The van der Waals surface area contributed by atoms with E-state index in [1.165, 1.54) is 32.1 Å². The Morgan fingerprint density at radius 3 is 2.88 bits per heavy atom. The summed E-state index contributed by atoms with van der Waals surface area (Å²) in [6, 6.07) is 3.47. The molecule has 0 atom stereocenters. The predicted octanol–water partition coefficient (Wildman–Crippen LogP) is 3.16. The summed E-state index contributed by atoms with van der Waals surface area (Å²) in [4.78, 5) is 10.9. The molecular weight excluding hydrogens is 202 g/mol. The van der Waals surface area contributed by atoms with E-state index in [2.05, 4.69) is 0 Å². The summed E-state index contributed by atoms with van der Waals surface area (Å²) < 4.78 is 1.84. The van der Waals surface area contributed by atoms with Crippen molar-refractivity contribution in [2.24, 2.45) is 5.92 Å². The summed E-state index contributed by atoms with van der Waals surface area (Å²) >= 11 is 0. The van der Waals surface area contributed by atoms with Gasteiger partial charge in [0.05, 0.1) is 0 Å². The molecule has 3 heteroatoms. The molecule has 1 aliphatic carbocycles. The topological polar surface area (TPSA) is 42.2 Å². The highest BCUT2D eigenvalue weighted by molar-refractivity contribution is 5.85. The number of nitrogens with zero attached hydrogens (tertiary/aromatic N) is 1. The Kier molecular flexibility index (Phi) is 3.65. The molecule has 1 aliphatic rings. The standard InChI is InChI=1S/C13H19NO2/c15-13(16)12-8-4-10-14(12)9-3-7-11-5-1-2-6-11/h4,8,10-11H,1-3,5-7,9H2,(H,15,16). The van der Waals surface area contributed by atoms with Gasteiger partial charge in [0.15, 0.2) is 0 Å². The van der Waals surface area contributed by atoms with Crippen LogP contribution < -0.4 is 0 Å². The van der Waals surface area contributed by atoms with Gasteiger partial charge in [0, 0.05) is 12.7 Å². The minimum atomic E-state index is -0.828. The van der Waals surface area contributed by atoms with Crippen molar-refractivity contribution in [1.82, 2.24) is 4.57 Å². The van der Waals surface area contributed by atoms with Crippen molar-refractivity contribution >= 4 is 5.97 Å². The lowest BCUT2D eigenvalue weighted by Crippen LogP contribution is -2.08. The summed E-state index contributed by atoms with van der Waals surface area (Å²) in [5.74, 6) is 0.0645.